The molecule has 0 aliphatic carbocycles. The first-order valence-electron chi connectivity index (χ1n) is 7.65. The second-order valence-electron chi connectivity index (χ2n) is 7.21. The van der Waals surface area contributed by atoms with Crippen molar-refractivity contribution >= 4 is 19.3 Å². The Morgan fingerprint density at radius 3 is 1.76 bits per heavy atom. The number of hydrogen-bond donors (Lipinski definition) is 0. The van der Waals surface area contributed by atoms with Crippen molar-refractivity contribution in [2.75, 3.05) is 0 Å². The van der Waals surface area contributed by atoms with Crippen molar-refractivity contribution in [2.45, 2.75) is 33.9 Å². The predicted molar refractivity (Wildman–Crippen MR) is 97.4 cm³/mol. The first-order valence-corrected chi connectivity index (χ1v) is 10.6. The first-order chi connectivity index (χ1) is 9.82. The van der Waals surface area contributed by atoms with Gasteiger partial charge in [0.1, 0.15) is 8.07 Å². The van der Waals surface area contributed by atoms with Crippen molar-refractivity contribution in [3.8, 4) is 0 Å². The van der Waals surface area contributed by atoms with Gasteiger partial charge < -0.3 is 0 Å². The molecule has 2 rings (SSSR count). The molecule has 0 bridgehead atoms. The summed E-state index contributed by atoms with van der Waals surface area (Å²) in [6.07, 6.45) is 2.42. The Bertz CT molecular complexity index is 601. The molecule has 0 heterocycles. The van der Waals surface area contributed by atoms with E-state index in [0.717, 1.165) is 0 Å². The first kappa shape index (κ1) is 15.8. The molecule has 0 atom stereocenters. The molecule has 0 aliphatic heterocycles. The highest BCUT2D eigenvalue weighted by Crippen LogP contribution is 2.34. The minimum Gasteiger partial charge on any atom is -0.0703 e. The molecule has 1 heteroatoms. The predicted octanol–water partition coefficient (Wildman–Crippen LogP) is 5.27. The standard InChI is InChI=1S/C20H26Si/c1-20(2,3)19(16-17-12-8-6-9-13-17)21(4,5)18-14-10-7-11-15-18/h6-16H,1-5H3. The molecule has 0 nitrogen and oxygen atoms in total. The molecule has 0 fully saturated rings. The SMILES string of the molecule is CC(C)(C)C(=Cc1ccccc1)[Si](C)(C)c1ccccc1. The maximum absolute atomic E-state index is 2.46. The van der Waals surface area contributed by atoms with E-state index in [4.69, 9.17) is 0 Å². The minimum absolute atomic E-state index is 0.182. The Hall–Kier alpha value is -1.60. The summed E-state index contributed by atoms with van der Waals surface area (Å²) in [6, 6.07) is 21.7. The summed E-state index contributed by atoms with van der Waals surface area (Å²) in [5.41, 5.74) is 1.49. The van der Waals surface area contributed by atoms with Crippen LogP contribution in [0, 0.1) is 5.41 Å². The van der Waals surface area contributed by atoms with Gasteiger partial charge in [-0.25, -0.2) is 0 Å². The molecule has 0 saturated heterocycles. The zero-order valence-corrected chi connectivity index (χ0v) is 14.9. The highest BCUT2D eigenvalue weighted by Gasteiger charge is 2.34. The molecule has 21 heavy (non-hydrogen) atoms. The highest BCUT2D eigenvalue weighted by atomic mass is 28.3. The van der Waals surface area contributed by atoms with Crippen LogP contribution in [0.2, 0.25) is 13.1 Å². The van der Waals surface area contributed by atoms with Gasteiger partial charge >= 0.3 is 0 Å². The van der Waals surface area contributed by atoms with Gasteiger partial charge in [-0.15, -0.1) is 0 Å². The summed E-state index contributed by atoms with van der Waals surface area (Å²) in [4.78, 5) is 0. The van der Waals surface area contributed by atoms with Crippen molar-refractivity contribution in [1.29, 1.82) is 0 Å². The Balaban J connectivity index is 2.54. The van der Waals surface area contributed by atoms with Gasteiger partial charge in [-0.1, -0.05) is 111 Å². The van der Waals surface area contributed by atoms with Gasteiger partial charge in [-0.05, 0) is 11.0 Å². The van der Waals surface area contributed by atoms with Crippen LogP contribution >= 0.6 is 0 Å². The third-order valence-corrected chi connectivity index (χ3v) is 8.11. The van der Waals surface area contributed by atoms with E-state index in [1.807, 2.05) is 0 Å². The normalized spacial score (nSPS) is 13.3. The zero-order valence-electron chi connectivity index (χ0n) is 13.9. The molecule has 0 N–H and O–H groups in total. The van der Waals surface area contributed by atoms with Crippen LogP contribution in [-0.4, -0.2) is 8.07 Å². The van der Waals surface area contributed by atoms with E-state index in [0.29, 0.717) is 0 Å². The van der Waals surface area contributed by atoms with E-state index in [2.05, 4.69) is 101 Å². The van der Waals surface area contributed by atoms with Crippen molar-refractivity contribution in [1.82, 2.24) is 0 Å². The Labute approximate surface area is 130 Å². The third-order valence-electron chi connectivity index (χ3n) is 4.09. The summed E-state index contributed by atoms with van der Waals surface area (Å²) in [5, 5.41) is 3.09. The molecule has 0 spiro atoms. The van der Waals surface area contributed by atoms with E-state index < -0.39 is 8.07 Å². The maximum atomic E-state index is 2.46. The van der Waals surface area contributed by atoms with Gasteiger partial charge in [0.15, 0.2) is 0 Å². The molecule has 0 radical (unpaired) electrons. The van der Waals surface area contributed by atoms with Gasteiger partial charge in [-0.2, -0.15) is 0 Å². The van der Waals surface area contributed by atoms with Crippen LogP contribution < -0.4 is 5.19 Å². The molecule has 0 saturated carbocycles. The number of allylic oxidation sites excluding steroid dienone is 1. The Morgan fingerprint density at radius 1 is 0.810 bits per heavy atom. The second-order valence-corrected chi connectivity index (χ2v) is 11.6. The van der Waals surface area contributed by atoms with Gasteiger partial charge in [0.25, 0.3) is 0 Å². The van der Waals surface area contributed by atoms with Crippen LogP contribution in [0.15, 0.2) is 65.9 Å². The highest BCUT2D eigenvalue weighted by molar-refractivity contribution is 6.96. The lowest BCUT2D eigenvalue weighted by Gasteiger charge is -2.36. The summed E-state index contributed by atoms with van der Waals surface area (Å²) in [5.74, 6) is 0. The van der Waals surface area contributed by atoms with Crippen LogP contribution in [0.4, 0.5) is 0 Å². The van der Waals surface area contributed by atoms with Gasteiger partial charge in [0.05, 0.1) is 0 Å². The number of benzene rings is 2. The largest absolute Gasteiger partial charge is 0.108 e. The molecular formula is C20H26Si. The Kier molecular flexibility index (Phi) is 4.53. The summed E-state index contributed by atoms with van der Waals surface area (Å²) in [7, 11) is -1.67. The average molecular weight is 295 g/mol. The number of hydrogen-bond acceptors (Lipinski definition) is 0. The summed E-state index contributed by atoms with van der Waals surface area (Å²) >= 11 is 0. The quantitative estimate of drug-likeness (QED) is 0.676. The molecule has 0 unspecified atom stereocenters. The van der Waals surface area contributed by atoms with Crippen molar-refractivity contribution < 1.29 is 0 Å². The summed E-state index contributed by atoms with van der Waals surface area (Å²) in [6.45, 7) is 11.9. The van der Waals surface area contributed by atoms with E-state index in [1.54, 1.807) is 5.20 Å². The third kappa shape index (κ3) is 3.73. The molecular weight excluding hydrogens is 268 g/mol. The van der Waals surface area contributed by atoms with Gasteiger partial charge in [0.2, 0.25) is 0 Å². The number of rotatable bonds is 3. The fourth-order valence-corrected chi connectivity index (χ4v) is 6.80. The smallest absolute Gasteiger partial charge is 0.0703 e. The van der Waals surface area contributed by atoms with Crippen molar-refractivity contribution in [3.05, 3.63) is 71.4 Å². The topological polar surface area (TPSA) is 0 Å². The lowest BCUT2D eigenvalue weighted by atomic mass is 9.94. The zero-order chi connectivity index (χ0) is 15.5. The lowest BCUT2D eigenvalue weighted by Crippen LogP contribution is -2.47. The van der Waals surface area contributed by atoms with Crippen molar-refractivity contribution in [2.24, 2.45) is 5.41 Å². The fourth-order valence-electron chi connectivity index (χ4n) is 3.06. The van der Waals surface area contributed by atoms with Crippen molar-refractivity contribution in [3.63, 3.8) is 0 Å². The van der Waals surface area contributed by atoms with Gasteiger partial charge in [-0.3, -0.25) is 0 Å². The van der Waals surface area contributed by atoms with Crippen LogP contribution in [0.3, 0.4) is 0 Å². The molecule has 2 aromatic rings. The minimum atomic E-state index is -1.67. The van der Waals surface area contributed by atoms with Crippen LogP contribution in [0.5, 0.6) is 0 Å². The summed E-state index contributed by atoms with van der Waals surface area (Å²) < 4.78 is 0. The monoisotopic (exact) mass is 294 g/mol. The molecule has 0 aromatic heterocycles. The van der Waals surface area contributed by atoms with Crippen LogP contribution in [-0.2, 0) is 0 Å². The van der Waals surface area contributed by atoms with E-state index >= 15 is 0 Å². The second kappa shape index (κ2) is 6.03. The Morgan fingerprint density at radius 2 is 1.29 bits per heavy atom. The maximum Gasteiger partial charge on any atom is 0.108 e. The van der Waals surface area contributed by atoms with Gasteiger partial charge in [0, 0.05) is 0 Å². The molecule has 2 aromatic carbocycles. The van der Waals surface area contributed by atoms with E-state index in [9.17, 15) is 0 Å². The lowest BCUT2D eigenvalue weighted by molar-refractivity contribution is 0.529. The van der Waals surface area contributed by atoms with Crippen LogP contribution in [0.25, 0.3) is 6.08 Å². The molecule has 0 aliphatic rings. The molecule has 0 amide bonds. The van der Waals surface area contributed by atoms with E-state index in [1.165, 1.54) is 10.8 Å². The van der Waals surface area contributed by atoms with Crippen LogP contribution in [0.1, 0.15) is 26.3 Å². The average Bonchev–Trinajstić information content (AvgIpc) is 2.45. The fraction of sp³-hybridized carbons (Fsp3) is 0.300. The molecule has 110 valence electrons. The van der Waals surface area contributed by atoms with E-state index in [-0.39, 0.29) is 5.41 Å².